The van der Waals surface area contributed by atoms with Crippen molar-refractivity contribution >= 4 is 5.91 Å². The molecule has 0 radical (unpaired) electrons. The second-order valence-corrected chi connectivity index (χ2v) is 3.41. The van der Waals surface area contributed by atoms with Gasteiger partial charge in [0.15, 0.2) is 0 Å². The van der Waals surface area contributed by atoms with E-state index in [-0.39, 0.29) is 13.0 Å². The highest BCUT2D eigenvalue weighted by molar-refractivity contribution is 5.84. The highest BCUT2D eigenvalue weighted by Crippen LogP contribution is 2.37. The minimum absolute atomic E-state index is 0.0936. The summed E-state index contributed by atoms with van der Waals surface area (Å²) < 4.78 is 60.9. The summed E-state index contributed by atoms with van der Waals surface area (Å²) in [5, 5.41) is 0. The molecule has 0 aromatic carbocycles. The standard InChI is InChI=1S/C8H13F5N2O/c1-5(3-4-14)15(2)6(16)7(9,10)8(11,12)13/h5H,3-4,14H2,1-2H3. The van der Waals surface area contributed by atoms with E-state index in [0.717, 1.165) is 7.05 Å². The number of hydrogen-bond acceptors (Lipinski definition) is 2. The maximum atomic E-state index is 12.6. The Bertz CT molecular complexity index is 253. The van der Waals surface area contributed by atoms with Crippen molar-refractivity contribution in [2.75, 3.05) is 13.6 Å². The smallest absolute Gasteiger partial charge is 0.337 e. The van der Waals surface area contributed by atoms with E-state index < -0.39 is 24.0 Å². The second kappa shape index (κ2) is 4.94. The average Bonchev–Trinajstić information content (AvgIpc) is 2.14. The summed E-state index contributed by atoms with van der Waals surface area (Å²) in [5.41, 5.74) is 5.11. The quantitative estimate of drug-likeness (QED) is 0.764. The maximum absolute atomic E-state index is 12.6. The lowest BCUT2D eigenvalue weighted by molar-refractivity contribution is -0.274. The topological polar surface area (TPSA) is 46.3 Å². The zero-order valence-corrected chi connectivity index (χ0v) is 8.81. The number of hydrogen-bond donors (Lipinski definition) is 1. The van der Waals surface area contributed by atoms with Gasteiger partial charge >= 0.3 is 18.0 Å². The Morgan fingerprint density at radius 2 is 1.75 bits per heavy atom. The molecule has 8 heteroatoms. The Balaban J connectivity index is 4.80. The van der Waals surface area contributed by atoms with Crippen LogP contribution in [-0.2, 0) is 4.79 Å². The van der Waals surface area contributed by atoms with Crippen LogP contribution in [0.5, 0.6) is 0 Å². The van der Waals surface area contributed by atoms with Crippen LogP contribution in [0, 0.1) is 0 Å². The average molecular weight is 248 g/mol. The number of carbonyl (C=O) groups excluding carboxylic acids is 1. The van der Waals surface area contributed by atoms with Crippen LogP contribution in [0.25, 0.3) is 0 Å². The fourth-order valence-electron chi connectivity index (χ4n) is 0.978. The van der Waals surface area contributed by atoms with Gasteiger partial charge < -0.3 is 10.6 Å². The predicted molar refractivity (Wildman–Crippen MR) is 46.9 cm³/mol. The third kappa shape index (κ3) is 3.03. The largest absolute Gasteiger partial charge is 0.463 e. The molecule has 0 aromatic heterocycles. The first-order valence-electron chi connectivity index (χ1n) is 4.47. The van der Waals surface area contributed by atoms with Gasteiger partial charge in [0.2, 0.25) is 0 Å². The van der Waals surface area contributed by atoms with E-state index >= 15 is 0 Å². The van der Waals surface area contributed by atoms with Crippen molar-refractivity contribution in [3.05, 3.63) is 0 Å². The molecule has 0 aliphatic rings. The maximum Gasteiger partial charge on any atom is 0.463 e. The third-order valence-corrected chi connectivity index (χ3v) is 2.19. The van der Waals surface area contributed by atoms with E-state index in [2.05, 4.69) is 0 Å². The van der Waals surface area contributed by atoms with Gasteiger partial charge in [0.1, 0.15) is 0 Å². The van der Waals surface area contributed by atoms with Gasteiger partial charge in [-0.1, -0.05) is 0 Å². The van der Waals surface area contributed by atoms with Gasteiger partial charge in [0.05, 0.1) is 0 Å². The highest BCUT2D eigenvalue weighted by Gasteiger charge is 2.64. The number of amides is 1. The minimum Gasteiger partial charge on any atom is -0.337 e. The van der Waals surface area contributed by atoms with Crippen molar-refractivity contribution in [2.24, 2.45) is 5.73 Å². The van der Waals surface area contributed by atoms with Gasteiger partial charge in [-0.3, -0.25) is 4.79 Å². The molecule has 3 nitrogen and oxygen atoms in total. The van der Waals surface area contributed by atoms with Crippen molar-refractivity contribution in [3.8, 4) is 0 Å². The fraction of sp³-hybridized carbons (Fsp3) is 0.875. The van der Waals surface area contributed by atoms with Crippen molar-refractivity contribution < 1.29 is 26.7 Å². The lowest BCUT2D eigenvalue weighted by atomic mass is 10.2. The van der Waals surface area contributed by atoms with Crippen molar-refractivity contribution in [1.82, 2.24) is 4.90 Å². The van der Waals surface area contributed by atoms with Crippen LogP contribution in [0.4, 0.5) is 22.0 Å². The van der Waals surface area contributed by atoms with Crippen LogP contribution in [-0.4, -0.2) is 42.5 Å². The Kier molecular flexibility index (Phi) is 4.66. The summed E-state index contributed by atoms with van der Waals surface area (Å²) in [6.45, 7) is 1.44. The normalized spacial score (nSPS) is 14.8. The van der Waals surface area contributed by atoms with Gasteiger partial charge in [0.25, 0.3) is 0 Å². The van der Waals surface area contributed by atoms with Crippen molar-refractivity contribution in [1.29, 1.82) is 0 Å². The van der Waals surface area contributed by atoms with Gasteiger partial charge in [-0.15, -0.1) is 0 Å². The SMILES string of the molecule is CC(CCN)N(C)C(=O)C(F)(F)C(F)(F)F. The molecule has 0 saturated heterocycles. The van der Waals surface area contributed by atoms with E-state index in [1.165, 1.54) is 6.92 Å². The highest BCUT2D eigenvalue weighted by atomic mass is 19.4. The Hall–Kier alpha value is -0.920. The molecule has 0 aliphatic heterocycles. The Labute approximate surface area is 89.4 Å². The summed E-state index contributed by atoms with van der Waals surface area (Å²) in [6, 6.07) is -0.772. The molecule has 0 rings (SSSR count). The predicted octanol–water partition coefficient (Wildman–Crippen LogP) is 1.38. The monoisotopic (exact) mass is 248 g/mol. The van der Waals surface area contributed by atoms with E-state index in [1.54, 1.807) is 0 Å². The molecule has 0 saturated carbocycles. The minimum atomic E-state index is -5.87. The van der Waals surface area contributed by atoms with Gasteiger partial charge in [-0.2, -0.15) is 22.0 Å². The number of rotatable bonds is 4. The van der Waals surface area contributed by atoms with E-state index in [1.807, 2.05) is 0 Å². The van der Waals surface area contributed by atoms with Gasteiger partial charge in [-0.05, 0) is 19.9 Å². The molecular weight excluding hydrogens is 235 g/mol. The molecule has 0 fully saturated rings. The summed E-state index contributed by atoms with van der Waals surface area (Å²) in [5.74, 6) is -7.62. The number of nitrogens with zero attached hydrogens (tertiary/aromatic N) is 1. The lowest BCUT2D eigenvalue weighted by Gasteiger charge is -2.29. The zero-order valence-electron chi connectivity index (χ0n) is 8.81. The molecular formula is C8H13F5N2O. The van der Waals surface area contributed by atoms with Gasteiger partial charge in [0, 0.05) is 13.1 Å². The summed E-state index contributed by atoms with van der Waals surface area (Å²) in [6.07, 6.45) is -5.73. The van der Waals surface area contributed by atoms with E-state index in [4.69, 9.17) is 5.73 Å². The molecule has 0 aromatic rings. The third-order valence-electron chi connectivity index (χ3n) is 2.19. The molecule has 1 atom stereocenters. The lowest BCUT2D eigenvalue weighted by Crippen LogP contribution is -2.53. The number of alkyl halides is 5. The van der Waals surface area contributed by atoms with Crippen molar-refractivity contribution in [3.63, 3.8) is 0 Å². The number of carbonyl (C=O) groups is 1. The van der Waals surface area contributed by atoms with Crippen LogP contribution in [0.1, 0.15) is 13.3 Å². The molecule has 2 N–H and O–H groups in total. The number of nitrogens with two attached hydrogens (primary N) is 1. The summed E-state index contributed by atoms with van der Waals surface area (Å²) >= 11 is 0. The fourth-order valence-corrected chi connectivity index (χ4v) is 0.978. The Morgan fingerprint density at radius 3 is 2.06 bits per heavy atom. The zero-order chi connectivity index (χ0) is 13.1. The molecule has 0 aliphatic carbocycles. The molecule has 1 unspecified atom stereocenters. The van der Waals surface area contributed by atoms with Gasteiger partial charge in [-0.25, -0.2) is 0 Å². The van der Waals surface area contributed by atoms with Crippen molar-refractivity contribution in [2.45, 2.75) is 31.5 Å². The van der Waals surface area contributed by atoms with E-state index in [9.17, 15) is 26.7 Å². The molecule has 1 amide bonds. The van der Waals surface area contributed by atoms with Crippen LogP contribution in [0.15, 0.2) is 0 Å². The molecule has 96 valence electrons. The van der Waals surface area contributed by atoms with E-state index in [0.29, 0.717) is 4.90 Å². The first-order chi connectivity index (χ1) is 7.05. The molecule has 0 spiro atoms. The first-order valence-corrected chi connectivity index (χ1v) is 4.47. The molecule has 0 heterocycles. The summed E-state index contributed by atoms with van der Waals surface area (Å²) in [7, 11) is 0.891. The number of halogens is 5. The second-order valence-electron chi connectivity index (χ2n) is 3.41. The first kappa shape index (κ1) is 15.1. The Morgan fingerprint density at radius 1 is 1.31 bits per heavy atom. The summed E-state index contributed by atoms with van der Waals surface area (Å²) in [4.78, 5) is 11.3. The van der Waals surface area contributed by atoms with Crippen LogP contribution >= 0.6 is 0 Å². The van der Waals surface area contributed by atoms with Crippen LogP contribution in [0.2, 0.25) is 0 Å². The molecule has 0 bridgehead atoms. The molecule has 16 heavy (non-hydrogen) atoms. The van der Waals surface area contributed by atoms with Crippen LogP contribution in [0.3, 0.4) is 0 Å². The van der Waals surface area contributed by atoms with Crippen LogP contribution < -0.4 is 5.73 Å².